The number of amides is 1. The van der Waals surface area contributed by atoms with E-state index in [1.165, 1.54) is 6.07 Å². The number of halogens is 2. The maximum absolute atomic E-state index is 15.0. The van der Waals surface area contributed by atoms with Crippen molar-refractivity contribution in [1.82, 2.24) is 5.32 Å². The van der Waals surface area contributed by atoms with Crippen LogP contribution in [0.3, 0.4) is 0 Å². The highest BCUT2D eigenvalue weighted by molar-refractivity contribution is 6.31. The van der Waals surface area contributed by atoms with Crippen molar-refractivity contribution in [3.63, 3.8) is 0 Å². The summed E-state index contributed by atoms with van der Waals surface area (Å²) in [7, 11) is 0. The zero-order valence-corrected chi connectivity index (χ0v) is 17.2. The van der Waals surface area contributed by atoms with Crippen molar-refractivity contribution in [2.24, 2.45) is 11.3 Å². The second-order valence-electron chi connectivity index (χ2n) is 8.46. The lowest BCUT2D eigenvalue weighted by atomic mass is 9.85. The lowest BCUT2D eigenvalue weighted by molar-refractivity contribution is 0.175. The van der Waals surface area contributed by atoms with Gasteiger partial charge >= 0.3 is 6.09 Å². The molecule has 6 heteroatoms. The normalized spacial score (nSPS) is 17.5. The Balaban J connectivity index is 2.01. The molecule has 0 saturated carbocycles. The summed E-state index contributed by atoms with van der Waals surface area (Å²) in [4.78, 5) is 11.2. The molecule has 150 valence electrons. The van der Waals surface area contributed by atoms with Gasteiger partial charge in [-0.15, -0.1) is 0 Å². The van der Waals surface area contributed by atoms with E-state index in [4.69, 9.17) is 21.4 Å². The van der Waals surface area contributed by atoms with Gasteiger partial charge in [0.05, 0.1) is 12.6 Å². The van der Waals surface area contributed by atoms with Crippen molar-refractivity contribution in [1.29, 1.82) is 0 Å². The molecular weight excluding hydrogens is 381 g/mol. The molecule has 2 aromatic rings. The van der Waals surface area contributed by atoms with Crippen molar-refractivity contribution in [2.45, 2.75) is 40.2 Å². The third-order valence-electron chi connectivity index (χ3n) is 5.00. The van der Waals surface area contributed by atoms with Crippen LogP contribution in [0.1, 0.15) is 44.9 Å². The molecule has 4 nitrogen and oxygen atoms in total. The Hall–Kier alpha value is -2.27. The van der Waals surface area contributed by atoms with Crippen LogP contribution in [0.4, 0.5) is 9.18 Å². The zero-order chi connectivity index (χ0) is 20.6. The molecular formula is C22H25ClFNO3. The first kappa shape index (κ1) is 20.5. The van der Waals surface area contributed by atoms with Crippen LogP contribution in [0.25, 0.3) is 11.1 Å². The molecule has 0 spiro atoms. The molecule has 1 aliphatic rings. The number of hydrogen-bond donors (Lipinski definition) is 2. The number of rotatable bonds is 5. The Labute approximate surface area is 169 Å². The highest BCUT2D eigenvalue weighted by Gasteiger charge is 2.40. The first-order valence-corrected chi connectivity index (χ1v) is 9.70. The Morgan fingerprint density at radius 2 is 2.04 bits per heavy atom. The number of carboxylic acid groups (broad SMARTS) is 1. The SMILES string of the molecule is CC(C)COc1cc(Cl)cc(-c2cc3c(cc2F)[C@H](NC(=O)O)C(C)(C)C3)c1. The van der Waals surface area contributed by atoms with E-state index in [0.717, 1.165) is 5.56 Å². The molecule has 2 aromatic carbocycles. The average Bonchev–Trinajstić information content (AvgIpc) is 2.81. The molecule has 3 rings (SSSR count). The first-order chi connectivity index (χ1) is 13.1. The van der Waals surface area contributed by atoms with Crippen LogP contribution in [0, 0.1) is 17.2 Å². The van der Waals surface area contributed by atoms with E-state index in [0.29, 0.717) is 46.4 Å². The standard InChI is InChI=1S/C22H25ClFNO3/c1-12(2)11-28-16-6-13(5-15(23)8-16)17-7-14-10-22(3,4)20(25-21(26)27)18(14)9-19(17)24/h5-9,12,20,25H,10-11H2,1-4H3,(H,26,27)/t20-/m0/s1. The minimum atomic E-state index is -1.11. The van der Waals surface area contributed by atoms with Crippen molar-refractivity contribution >= 4 is 17.7 Å². The van der Waals surface area contributed by atoms with Gasteiger partial charge < -0.3 is 15.2 Å². The van der Waals surface area contributed by atoms with E-state index < -0.39 is 18.0 Å². The maximum atomic E-state index is 15.0. The zero-order valence-electron chi connectivity index (χ0n) is 16.5. The maximum Gasteiger partial charge on any atom is 0.405 e. The molecule has 1 amide bonds. The monoisotopic (exact) mass is 405 g/mol. The van der Waals surface area contributed by atoms with E-state index in [1.54, 1.807) is 24.3 Å². The third-order valence-corrected chi connectivity index (χ3v) is 5.22. The van der Waals surface area contributed by atoms with Crippen molar-refractivity contribution in [2.75, 3.05) is 6.61 Å². The predicted molar refractivity (Wildman–Crippen MR) is 109 cm³/mol. The second kappa shape index (κ2) is 7.63. The summed E-state index contributed by atoms with van der Waals surface area (Å²) in [5.41, 5.74) is 2.35. The highest BCUT2D eigenvalue weighted by Crippen LogP contribution is 2.47. The molecule has 2 N–H and O–H groups in total. The van der Waals surface area contributed by atoms with Crippen molar-refractivity contribution < 1.29 is 19.0 Å². The minimum absolute atomic E-state index is 0.342. The fraction of sp³-hybridized carbons (Fsp3) is 0.409. The van der Waals surface area contributed by atoms with Crippen LogP contribution in [-0.4, -0.2) is 17.8 Å². The van der Waals surface area contributed by atoms with Gasteiger partial charge in [0.15, 0.2) is 0 Å². The van der Waals surface area contributed by atoms with Gasteiger partial charge in [0, 0.05) is 10.6 Å². The molecule has 0 radical (unpaired) electrons. The minimum Gasteiger partial charge on any atom is -0.493 e. The van der Waals surface area contributed by atoms with Crippen LogP contribution in [0.5, 0.6) is 5.75 Å². The van der Waals surface area contributed by atoms with Crippen LogP contribution >= 0.6 is 11.6 Å². The molecule has 0 bridgehead atoms. The molecule has 0 unspecified atom stereocenters. The molecule has 1 aliphatic carbocycles. The Kier molecular flexibility index (Phi) is 5.57. The van der Waals surface area contributed by atoms with Gasteiger partial charge in [-0.3, -0.25) is 0 Å². The van der Waals surface area contributed by atoms with Gasteiger partial charge in [-0.1, -0.05) is 39.3 Å². The summed E-state index contributed by atoms with van der Waals surface area (Å²) < 4.78 is 20.8. The van der Waals surface area contributed by atoms with Gasteiger partial charge in [0.2, 0.25) is 0 Å². The molecule has 0 aliphatic heterocycles. The summed E-state index contributed by atoms with van der Waals surface area (Å²) in [6, 6.07) is 8.00. The van der Waals surface area contributed by atoms with Gasteiger partial charge in [0.1, 0.15) is 11.6 Å². The summed E-state index contributed by atoms with van der Waals surface area (Å²) in [6.07, 6.45) is -0.463. The number of carbonyl (C=O) groups is 1. The van der Waals surface area contributed by atoms with Gasteiger partial charge in [-0.2, -0.15) is 0 Å². The molecule has 0 heterocycles. The molecule has 0 aromatic heterocycles. The Morgan fingerprint density at radius 1 is 1.32 bits per heavy atom. The first-order valence-electron chi connectivity index (χ1n) is 9.32. The van der Waals surface area contributed by atoms with Crippen molar-refractivity contribution in [3.8, 4) is 16.9 Å². The second-order valence-corrected chi connectivity index (χ2v) is 8.90. The molecule has 1 atom stereocenters. The fourth-order valence-corrected chi connectivity index (χ4v) is 3.98. The highest BCUT2D eigenvalue weighted by atomic mass is 35.5. The largest absolute Gasteiger partial charge is 0.493 e. The Bertz CT molecular complexity index is 911. The van der Waals surface area contributed by atoms with Crippen LogP contribution < -0.4 is 10.1 Å². The van der Waals surface area contributed by atoms with Crippen LogP contribution in [0.15, 0.2) is 30.3 Å². The van der Waals surface area contributed by atoms with Crippen molar-refractivity contribution in [3.05, 3.63) is 52.3 Å². The van der Waals surface area contributed by atoms with E-state index in [-0.39, 0.29) is 5.41 Å². The lowest BCUT2D eigenvalue weighted by Crippen LogP contribution is -2.34. The predicted octanol–water partition coefficient (Wildman–Crippen LogP) is 6.07. The molecule has 28 heavy (non-hydrogen) atoms. The fourth-order valence-electron chi connectivity index (χ4n) is 3.75. The number of fused-ring (bicyclic) bond motifs is 1. The Morgan fingerprint density at radius 3 is 2.68 bits per heavy atom. The van der Waals surface area contributed by atoms with E-state index in [1.807, 2.05) is 13.8 Å². The van der Waals surface area contributed by atoms with Gasteiger partial charge in [-0.05, 0) is 64.8 Å². The molecule has 0 saturated heterocycles. The molecule has 0 fully saturated rings. The van der Waals surface area contributed by atoms with E-state index >= 15 is 4.39 Å². The van der Waals surface area contributed by atoms with Gasteiger partial charge in [0.25, 0.3) is 0 Å². The smallest absolute Gasteiger partial charge is 0.405 e. The average molecular weight is 406 g/mol. The summed E-state index contributed by atoms with van der Waals surface area (Å²) in [5.74, 6) is 0.549. The van der Waals surface area contributed by atoms with Gasteiger partial charge in [-0.25, -0.2) is 9.18 Å². The van der Waals surface area contributed by atoms with Crippen LogP contribution in [0.2, 0.25) is 5.02 Å². The van der Waals surface area contributed by atoms with E-state index in [9.17, 15) is 4.79 Å². The summed E-state index contributed by atoms with van der Waals surface area (Å²) in [6.45, 7) is 8.60. The summed E-state index contributed by atoms with van der Waals surface area (Å²) >= 11 is 6.23. The lowest BCUT2D eigenvalue weighted by Gasteiger charge is -2.27. The van der Waals surface area contributed by atoms with Crippen LogP contribution in [-0.2, 0) is 6.42 Å². The number of nitrogens with one attached hydrogen (secondary N) is 1. The summed E-state index contributed by atoms with van der Waals surface area (Å²) in [5, 5.41) is 12.2. The number of benzene rings is 2. The third kappa shape index (κ3) is 4.25. The number of ether oxygens (including phenoxy) is 1. The quantitative estimate of drug-likeness (QED) is 0.634. The number of hydrogen-bond acceptors (Lipinski definition) is 2. The van der Waals surface area contributed by atoms with E-state index in [2.05, 4.69) is 19.2 Å². The topological polar surface area (TPSA) is 58.6 Å².